The van der Waals surface area contributed by atoms with Gasteiger partial charge in [-0.15, -0.1) is 0 Å². The maximum Gasteiger partial charge on any atom is 0.416 e. The predicted molar refractivity (Wildman–Crippen MR) is 97.4 cm³/mol. The fourth-order valence-electron chi connectivity index (χ4n) is 2.34. The van der Waals surface area contributed by atoms with Gasteiger partial charge in [-0.2, -0.15) is 13.2 Å². The summed E-state index contributed by atoms with van der Waals surface area (Å²) in [4.78, 5) is 24.0. The molecule has 138 valence electrons. The monoisotopic (exact) mass is 492 g/mol. The average Bonchev–Trinajstić information content (AvgIpc) is 2.52. The number of benzene rings is 2. The van der Waals surface area contributed by atoms with E-state index >= 15 is 0 Å². The van der Waals surface area contributed by atoms with Gasteiger partial charge in [0, 0.05) is 20.9 Å². The van der Waals surface area contributed by atoms with E-state index in [-0.39, 0.29) is 17.5 Å². The van der Waals surface area contributed by atoms with Crippen LogP contribution in [-0.2, 0) is 17.4 Å². The maximum atomic E-state index is 13.1. The van der Waals surface area contributed by atoms with Gasteiger partial charge in [-0.05, 0) is 29.8 Å². The Bertz CT molecular complexity index is 821. The minimum absolute atomic E-state index is 0.125. The summed E-state index contributed by atoms with van der Waals surface area (Å²) in [5, 5.41) is 2.39. The molecule has 0 spiro atoms. The molecule has 0 saturated carbocycles. The highest BCUT2D eigenvalue weighted by atomic mass is 79.9. The van der Waals surface area contributed by atoms with Gasteiger partial charge in [-0.3, -0.25) is 9.59 Å². The fraction of sp³-hybridized carbons (Fsp3) is 0.176. The van der Waals surface area contributed by atoms with E-state index in [1.54, 1.807) is 6.07 Å². The number of primary amides is 1. The first-order chi connectivity index (χ1) is 12.1. The van der Waals surface area contributed by atoms with Crippen molar-refractivity contribution in [2.24, 2.45) is 5.73 Å². The molecule has 0 aliphatic carbocycles. The van der Waals surface area contributed by atoms with Crippen LogP contribution in [0.2, 0.25) is 0 Å². The molecule has 2 rings (SSSR count). The molecule has 0 radical (unpaired) electrons. The lowest BCUT2D eigenvalue weighted by Gasteiger charge is -2.19. The first kappa shape index (κ1) is 20.4. The molecule has 1 atom stereocenters. The Morgan fingerprint density at radius 3 is 2.19 bits per heavy atom. The lowest BCUT2D eigenvalue weighted by molar-refractivity contribution is -0.138. The number of carbonyl (C=O) groups is 2. The number of halogens is 5. The number of rotatable bonds is 5. The molecule has 0 aliphatic heterocycles. The standard InChI is InChI=1S/C17H13Br2F3N2O2/c18-11-5-10(6-12(19)8-11)16(26)24-14(15(23)25)7-9-3-1-2-4-13(9)17(20,21)22/h1-6,8,14H,7H2,(H2,23,25)(H,24,26)/t14-/m1/s1. The van der Waals surface area contributed by atoms with Crippen LogP contribution in [0.3, 0.4) is 0 Å². The van der Waals surface area contributed by atoms with Gasteiger partial charge in [0.05, 0.1) is 5.56 Å². The summed E-state index contributed by atoms with van der Waals surface area (Å²) in [6, 6.07) is 8.30. The number of alkyl halides is 3. The molecule has 0 aliphatic rings. The van der Waals surface area contributed by atoms with Crippen LogP contribution < -0.4 is 11.1 Å². The Morgan fingerprint density at radius 1 is 1.08 bits per heavy atom. The highest BCUT2D eigenvalue weighted by molar-refractivity contribution is 9.11. The molecule has 0 saturated heterocycles. The molecule has 0 aromatic heterocycles. The molecule has 4 nitrogen and oxygen atoms in total. The van der Waals surface area contributed by atoms with Gasteiger partial charge in [0.1, 0.15) is 6.04 Å². The van der Waals surface area contributed by atoms with Gasteiger partial charge >= 0.3 is 6.18 Å². The highest BCUT2D eigenvalue weighted by Gasteiger charge is 2.34. The van der Waals surface area contributed by atoms with Crippen molar-refractivity contribution in [3.8, 4) is 0 Å². The second-order valence-electron chi connectivity index (χ2n) is 5.45. The van der Waals surface area contributed by atoms with Crippen LogP contribution in [0.5, 0.6) is 0 Å². The van der Waals surface area contributed by atoms with E-state index in [9.17, 15) is 22.8 Å². The number of hydrogen-bond donors (Lipinski definition) is 2. The lowest BCUT2D eigenvalue weighted by Crippen LogP contribution is -2.46. The van der Waals surface area contributed by atoms with E-state index in [1.807, 2.05) is 0 Å². The molecular formula is C17H13Br2F3N2O2. The molecule has 0 unspecified atom stereocenters. The molecule has 26 heavy (non-hydrogen) atoms. The summed E-state index contributed by atoms with van der Waals surface area (Å²) in [5.41, 5.74) is 4.50. The van der Waals surface area contributed by atoms with Crippen molar-refractivity contribution in [1.82, 2.24) is 5.32 Å². The smallest absolute Gasteiger partial charge is 0.368 e. The third-order valence-electron chi connectivity index (χ3n) is 3.52. The quantitative estimate of drug-likeness (QED) is 0.659. The van der Waals surface area contributed by atoms with Crippen LogP contribution in [-0.4, -0.2) is 17.9 Å². The second kappa shape index (κ2) is 8.22. The molecule has 0 heterocycles. The summed E-state index contributed by atoms with van der Waals surface area (Å²) in [6.45, 7) is 0. The molecule has 0 fully saturated rings. The first-order valence-corrected chi connectivity index (χ1v) is 8.88. The zero-order chi connectivity index (χ0) is 19.5. The van der Waals surface area contributed by atoms with Gasteiger partial charge in [0.15, 0.2) is 0 Å². The minimum atomic E-state index is -4.57. The van der Waals surface area contributed by atoms with E-state index in [4.69, 9.17) is 5.73 Å². The van der Waals surface area contributed by atoms with Crippen LogP contribution >= 0.6 is 31.9 Å². The van der Waals surface area contributed by atoms with E-state index in [0.717, 1.165) is 6.07 Å². The van der Waals surface area contributed by atoms with Crippen molar-refractivity contribution in [2.75, 3.05) is 0 Å². The Hall–Kier alpha value is -1.87. The van der Waals surface area contributed by atoms with Crippen molar-refractivity contribution >= 4 is 43.7 Å². The van der Waals surface area contributed by atoms with Crippen LogP contribution in [0.4, 0.5) is 13.2 Å². The molecule has 2 amide bonds. The van der Waals surface area contributed by atoms with Crippen LogP contribution in [0.25, 0.3) is 0 Å². The topological polar surface area (TPSA) is 72.2 Å². The molecule has 2 aromatic carbocycles. The van der Waals surface area contributed by atoms with E-state index in [0.29, 0.717) is 8.95 Å². The van der Waals surface area contributed by atoms with Gasteiger partial charge in [0.25, 0.3) is 5.91 Å². The van der Waals surface area contributed by atoms with Crippen molar-refractivity contribution in [3.05, 3.63) is 68.1 Å². The third kappa shape index (κ3) is 5.31. The summed E-state index contributed by atoms with van der Waals surface area (Å²) >= 11 is 6.47. The molecule has 2 aromatic rings. The SMILES string of the molecule is NC(=O)[C@@H](Cc1ccccc1C(F)(F)F)NC(=O)c1cc(Br)cc(Br)c1. The number of amides is 2. The first-order valence-electron chi connectivity index (χ1n) is 7.29. The van der Waals surface area contributed by atoms with Crippen molar-refractivity contribution in [3.63, 3.8) is 0 Å². The van der Waals surface area contributed by atoms with Crippen molar-refractivity contribution in [1.29, 1.82) is 0 Å². The van der Waals surface area contributed by atoms with Gasteiger partial charge in [0.2, 0.25) is 5.91 Å². The zero-order valence-corrected chi connectivity index (χ0v) is 16.3. The molecule has 3 N–H and O–H groups in total. The third-order valence-corrected chi connectivity index (χ3v) is 4.44. The van der Waals surface area contributed by atoms with Crippen molar-refractivity contribution in [2.45, 2.75) is 18.6 Å². The Morgan fingerprint density at radius 2 is 1.65 bits per heavy atom. The highest BCUT2D eigenvalue weighted by Crippen LogP contribution is 2.32. The van der Waals surface area contributed by atoms with Crippen LogP contribution in [0.1, 0.15) is 21.5 Å². The summed E-state index contributed by atoms with van der Waals surface area (Å²) < 4.78 is 40.5. The zero-order valence-electron chi connectivity index (χ0n) is 13.1. The minimum Gasteiger partial charge on any atom is -0.368 e. The molecule has 0 bridgehead atoms. The predicted octanol–water partition coefficient (Wildman–Crippen LogP) is 4.06. The number of carbonyl (C=O) groups excluding carboxylic acids is 2. The van der Waals surface area contributed by atoms with Crippen LogP contribution in [0, 0.1) is 0 Å². The molecular weight excluding hydrogens is 481 g/mol. The van der Waals surface area contributed by atoms with Gasteiger partial charge in [-0.25, -0.2) is 0 Å². The van der Waals surface area contributed by atoms with Gasteiger partial charge < -0.3 is 11.1 Å². The summed E-state index contributed by atoms with van der Waals surface area (Å²) in [5.74, 6) is -1.55. The van der Waals surface area contributed by atoms with Crippen molar-refractivity contribution < 1.29 is 22.8 Å². The number of hydrogen-bond acceptors (Lipinski definition) is 2. The second-order valence-corrected chi connectivity index (χ2v) is 7.28. The maximum absolute atomic E-state index is 13.1. The normalized spacial score (nSPS) is 12.5. The Kier molecular flexibility index (Phi) is 6.46. The van der Waals surface area contributed by atoms with E-state index in [1.165, 1.54) is 30.3 Å². The number of nitrogens with two attached hydrogens (primary N) is 1. The Labute approximate surface area is 164 Å². The number of nitrogens with one attached hydrogen (secondary N) is 1. The Balaban J connectivity index is 2.26. The fourth-order valence-corrected chi connectivity index (χ4v) is 3.64. The molecule has 9 heteroatoms. The lowest BCUT2D eigenvalue weighted by atomic mass is 9.99. The van der Waals surface area contributed by atoms with Crippen LogP contribution in [0.15, 0.2) is 51.4 Å². The largest absolute Gasteiger partial charge is 0.416 e. The summed E-state index contributed by atoms with van der Waals surface area (Å²) in [6.07, 6.45) is -4.94. The summed E-state index contributed by atoms with van der Waals surface area (Å²) in [7, 11) is 0. The van der Waals surface area contributed by atoms with E-state index < -0.39 is 29.6 Å². The van der Waals surface area contributed by atoms with Gasteiger partial charge in [-0.1, -0.05) is 50.1 Å². The van der Waals surface area contributed by atoms with E-state index in [2.05, 4.69) is 37.2 Å². The average molecular weight is 494 g/mol.